The van der Waals surface area contributed by atoms with Crippen LogP contribution in [0.1, 0.15) is 17.1 Å². The Bertz CT molecular complexity index is 505. The van der Waals surface area contributed by atoms with Crippen LogP contribution in [0.15, 0.2) is 30.5 Å². The van der Waals surface area contributed by atoms with E-state index in [-0.39, 0.29) is 0 Å². The van der Waals surface area contributed by atoms with Gasteiger partial charge in [-0.05, 0) is 18.2 Å². The summed E-state index contributed by atoms with van der Waals surface area (Å²) < 4.78 is 2.04. The summed E-state index contributed by atoms with van der Waals surface area (Å²) in [5.41, 5.74) is 7.66. The van der Waals surface area contributed by atoms with E-state index in [1.807, 2.05) is 42.1 Å². The van der Waals surface area contributed by atoms with Crippen molar-refractivity contribution in [3.05, 3.63) is 52.6 Å². The second-order valence-electron chi connectivity index (χ2n) is 4.07. The molecule has 0 atom stereocenters. The number of nitrogens with two attached hydrogens (primary N) is 1. The molecule has 1 aromatic heterocycles. The first kappa shape index (κ1) is 12.1. The van der Waals surface area contributed by atoms with Crippen LogP contribution in [0, 0.1) is 0 Å². The molecule has 1 heterocycles. The van der Waals surface area contributed by atoms with E-state index in [2.05, 4.69) is 4.98 Å². The molecule has 3 nitrogen and oxygen atoms in total. The largest absolute Gasteiger partial charge is 0.337 e. The molecule has 0 radical (unpaired) electrons. The Balaban J connectivity index is 2.21. The minimum Gasteiger partial charge on any atom is -0.337 e. The van der Waals surface area contributed by atoms with E-state index in [1.54, 1.807) is 0 Å². The van der Waals surface area contributed by atoms with Gasteiger partial charge in [0.1, 0.15) is 5.82 Å². The highest BCUT2D eigenvalue weighted by atomic mass is 35.5. The highest BCUT2D eigenvalue weighted by molar-refractivity contribution is 6.31. The van der Waals surface area contributed by atoms with Gasteiger partial charge >= 0.3 is 0 Å². The fourth-order valence-electron chi connectivity index (χ4n) is 1.82. The van der Waals surface area contributed by atoms with Gasteiger partial charge in [-0.2, -0.15) is 0 Å². The zero-order valence-corrected chi connectivity index (χ0v) is 10.6. The average molecular weight is 250 g/mol. The fourth-order valence-corrected chi connectivity index (χ4v) is 2.02. The monoisotopic (exact) mass is 249 g/mol. The number of benzene rings is 1. The second kappa shape index (κ2) is 5.34. The van der Waals surface area contributed by atoms with Gasteiger partial charge in [-0.3, -0.25) is 0 Å². The Hall–Kier alpha value is -1.32. The summed E-state index contributed by atoms with van der Waals surface area (Å²) in [6, 6.07) is 7.86. The van der Waals surface area contributed by atoms with Crippen molar-refractivity contribution in [1.29, 1.82) is 0 Å². The molecule has 2 aromatic rings. The molecule has 2 N–H and O–H groups in total. The van der Waals surface area contributed by atoms with Crippen LogP contribution in [-0.2, 0) is 19.9 Å². The predicted molar refractivity (Wildman–Crippen MR) is 70.2 cm³/mol. The summed E-state index contributed by atoms with van der Waals surface area (Å²) in [5.74, 6) is 1.02. The van der Waals surface area contributed by atoms with Crippen LogP contribution in [0.5, 0.6) is 0 Å². The third-order valence-electron chi connectivity index (χ3n) is 2.73. The highest BCUT2D eigenvalue weighted by Gasteiger charge is 2.07. The van der Waals surface area contributed by atoms with E-state index >= 15 is 0 Å². The fraction of sp³-hybridized carbons (Fsp3) is 0.308. The van der Waals surface area contributed by atoms with E-state index in [9.17, 15) is 0 Å². The van der Waals surface area contributed by atoms with Crippen molar-refractivity contribution in [1.82, 2.24) is 9.55 Å². The first-order chi connectivity index (χ1) is 8.20. The number of rotatable bonds is 4. The number of hydrogen-bond donors (Lipinski definition) is 1. The molecule has 0 aliphatic heterocycles. The van der Waals surface area contributed by atoms with E-state index < -0.39 is 0 Å². The molecule has 0 unspecified atom stereocenters. The number of nitrogens with zero attached hydrogens (tertiary/aromatic N) is 2. The molecule has 0 spiro atoms. The van der Waals surface area contributed by atoms with Crippen molar-refractivity contribution in [3.63, 3.8) is 0 Å². The van der Waals surface area contributed by atoms with Crippen LogP contribution in [-0.4, -0.2) is 16.1 Å². The number of halogens is 1. The number of aromatic nitrogens is 2. The maximum atomic E-state index is 6.14. The summed E-state index contributed by atoms with van der Waals surface area (Å²) >= 11 is 6.14. The molecule has 0 saturated carbocycles. The van der Waals surface area contributed by atoms with Crippen LogP contribution in [0.3, 0.4) is 0 Å². The number of hydrogen-bond acceptors (Lipinski definition) is 2. The number of imidazole rings is 1. The molecule has 90 valence electrons. The van der Waals surface area contributed by atoms with Gasteiger partial charge in [0.2, 0.25) is 0 Å². The summed E-state index contributed by atoms with van der Waals surface area (Å²) in [5, 5.41) is 0.788. The molecule has 0 amide bonds. The van der Waals surface area contributed by atoms with E-state index in [4.69, 9.17) is 17.3 Å². The molecular weight excluding hydrogens is 234 g/mol. The normalized spacial score (nSPS) is 10.8. The molecule has 0 bridgehead atoms. The summed E-state index contributed by atoms with van der Waals surface area (Å²) in [6.07, 6.45) is 3.59. The lowest BCUT2D eigenvalue weighted by Crippen LogP contribution is -2.03. The number of aryl methyl sites for hydroxylation is 1. The van der Waals surface area contributed by atoms with Crippen molar-refractivity contribution in [2.75, 3.05) is 6.54 Å². The molecular formula is C13H16ClN3. The molecule has 0 fully saturated rings. The van der Waals surface area contributed by atoms with Crippen molar-refractivity contribution in [2.45, 2.75) is 12.8 Å². The lowest BCUT2D eigenvalue weighted by molar-refractivity contribution is 0.821. The Morgan fingerprint density at radius 1 is 1.35 bits per heavy atom. The molecule has 17 heavy (non-hydrogen) atoms. The van der Waals surface area contributed by atoms with Crippen LogP contribution in [0.25, 0.3) is 0 Å². The SMILES string of the molecule is Cn1cc(CCN)nc1Cc1ccccc1Cl. The average Bonchev–Trinajstić information content (AvgIpc) is 2.63. The second-order valence-corrected chi connectivity index (χ2v) is 4.47. The summed E-state index contributed by atoms with van der Waals surface area (Å²) in [7, 11) is 2.00. The summed E-state index contributed by atoms with van der Waals surface area (Å²) in [6.45, 7) is 0.628. The van der Waals surface area contributed by atoms with Gasteiger partial charge in [0.25, 0.3) is 0 Å². The third-order valence-corrected chi connectivity index (χ3v) is 3.10. The summed E-state index contributed by atoms with van der Waals surface area (Å²) in [4.78, 5) is 4.56. The Morgan fingerprint density at radius 2 is 2.12 bits per heavy atom. The molecule has 2 rings (SSSR count). The van der Waals surface area contributed by atoms with Crippen molar-refractivity contribution < 1.29 is 0 Å². The van der Waals surface area contributed by atoms with Crippen LogP contribution in [0.2, 0.25) is 5.02 Å². The minimum atomic E-state index is 0.628. The van der Waals surface area contributed by atoms with Crippen LogP contribution in [0.4, 0.5) is 0 Å². The van der Waals surface area contributed by atoms with Crippen molar-refractivity contribution in [3.8, 4) is 0 Å². The third kappa shape index (κ3) is 2.87. The Kier molecular flexibility index (Phi) is 3.82. The first-order valence-corrected chi connectivity index (χ1v) is 6.03. The lowest BCUT2D eigenvalue weighted by Gasteiger charge is -2.03. The van der Waals surface area contributed by atoms with Crippen LogP contribution >= 0.6 is 11.6 Å². The molecule has 0 aliphatic rings. The topological polar surface area (TPSA) is 43.8 Å². The van der Waals surface area contributed by atoms with Gasteiger partial charge in [-0.1, -0.05) is 29.8 Å². The van der Waals surface area contributed by atoms with Gasteiger partial charge in [-0.15, -0.1) is 0 Å². The van der Waals surface area contributed by atoms with Crippen LogP contribution < -0.4 is 5.73 Å². The maximum Gasteiger partial charge on any atom is 0.113 e. The Morgan fingerprint density at radius 3 is 2.82 bits per heavy atom. The maximum absolute atomic E-state index is 6.14. The van der Waals surface area contributed by atoms with Gasteiger partial charge in [0, 0.05) is 31.1 Å². The smallest absolute Gasteiger partial charge is 0.113 e. The molecule has 0 aliphatic carbocycles. The van der Waals surface area contributed by atoms with Crippen molar-refractivity contribution in [2.24, 2.45) is 12.8 Å². The predicted octanol–water partition coefficient (Wildman–Crippen LogP) is 2.17. The van der Waals surface area contributed by atoms with E-state index in [0.717, 1.165) is 34.9 Å². The molecule has 4 heteroatoms. The quantitative estimate of drug-likeness (QED) is 0.903. The van der Waals surface area contributed by atoms with Gasteiger partial charge < -0.3 is 10.3 Å². The molecule has 0 saturated heterocycles. The van der Waals surface area contributed by atoms with Gasteiger partial charge in [0.05, 0.1) is 5.69 Å². The van der Waals surface area contributed by atoms with Gasteiger partial charge in [0.15, 0.2) is 0 Å². The zero-order chi connectivity index (χ0) is 12.3. The lowest BCUT2D eigenvalue weighted by atomic mass is 10.1. The first-order valence-electron chi connectivity index (χ1n) is 5.65. The highest BCUT2D eigenvalue weighted by Crippen LogP contribution is 2.18. The zero-order valence-electron chi connectivity index (χ0n) is 9.86. The van der Waals surface area contributed by atoms with E-state index in [0.29, 0.717) is 6.54 Å². The standard InChI is InChI=1S/C13H16ClN3/c1-17-9-11(6-7-15)16-13(17)8-10-4-2-3-5-12(10)14/h2-5,9H,6-8,15H2,1H3. The molecule has 1 aromatic carbocycles. The van der Waals surface area contributed by atoms with E-state index in [1.165, 1.54) is 0 Å². The van der Waals surface area contributed by atoms with Gasteiger partial charge in [-0.25, -0.2) is 4.98 Å². The Labute approximate surface area is 106 Å². The minimum absolute atomic E-state index is 0.628. The van der Waals surface area contributed by atoms with Crippen molar-refractivity contribution >= 4 is 11.6 Å².